The number of hydrogen-bond acceptors (Lipinski definition) is 5. The zero-order valence-electron chi connectivity index (χ0n) is 9.01. The van der Waals surface area contributed by atoms with E-state index in [0.717, 1.165) is 0 Å². The van der Waals surface area contributed by atoms with Crippen molar-refractivity contribution in [2.75, 3.05) is 0 Å². The number of rotatable bonds is 4. The number of aldehydes is 1. The normalized spacial score (nSPS) is 10.2. The van der Waals surface area contributed by atoms with E-state index >= 15 is 0 Å². The average molecular weight is 253 g/mol. The summed E-state index contributed by atoms with van der Waals surface area (Å²) < 4.78 is 10.2. The molecule has 0 saturated heterocycles. The van der Waals surface area contributed by atoms with Gasteiger partial charge in [-0.2, -0.15) is 4.98 Å². The molecule has 0 fully saturated rings. The quantitative estimate of drug-likeness (QED) is 0.782. The zero-order chi connectivity index (χ0) is 12.3. The third kappa shape index (κ3) is 2.62. The molecular weight excluding hydrogens is 244 g/mol. The van der Waals surface area contributed by atoms with Gasteiger partial charge in [0.25, 0.3) is 0 Å². The first-order chi connectivity index (χ1) is 8.20. The van der Waals surface area contributed by atoms with Gasteiger partial charge in [0, 0.05) is 6.92 Å². The molecule has 2 rings (SSSR count). The van der Waals surface area contributed by atoms with Gasteiger partial charge < -0.3 is 9.26 Å². The molecule has 0 amide bonds. The Morgan fingerprint density at radius 2 is 2.35 bits per heavy atom. The van der Waals surface area contributed by atoms with Crippen LogP contribution in [0, 0.1) is 6.92 Å². The second-order valence-corrected chi connectivity index (χ2v) is 3.69. The minimum atomic E-state index is 0.124. The number of aromatic nitrogens is 2. The molecule has 17 heavy (non-hydrogen) atoms. The van der Waals surface area contributed by atoms with E-state index in [-0.39, 0.29) is 6.61 Å². The van der Waals surface area contributed by atoms with Gasteiger partial charge in [-0.15, -0.1) is 0 Å². The summed E-state index contributed by atoms with van der Waals surface area (Å²) in [6.07, 6.45) is 0.652. The lowest BCUT2D eigenvalue weighted by atomic mass is 10.2. The Bertz CT molecular complexity index is 539. The van der Waals surface area contributed by atoms with E-state index in [2.05, 4.69) is 10.1 Å². The van der Waals surface area contributed by atoms with Crippen molar-refractivity contribution in [2.24, 2.45) is 0 Å². The topological polar surface area (TPSA) is 65.2 Å². The van der Waals surface area contributed by atoms with Crippen molar-refractivity contribution in [3.8, 4) is 5.75 Å². The third-order valence-electron chi connectivity index (χ3n) is 2.06. The number of aryl methyl sites for hydroxylation is 1. The van der Waals surface area contributed by atoms with Crippen molar-refractivity contribution >= 4 is 17.9 Å². The molecule has 0 spiro atoms. The van der Waals surface area contributed by atoms with Crippen molar-refractivity contribution in [1.82, 2.24) is 10.1 Å². The fraction of sp³-hybridized carbons (Fsp3) is 0.182. The summed E-state index contributed by atoms with van der Waals surface area (Å²) in [6, 6.07) is 4.98. The van der Waals surface area contributed by atoms with E-state index < -0.39 is 0 Å². The standard InChI is InChI=1S/C11H9ClN2O3/c1-7-13-11(14-17-7)6-16-10-4-2-3-9(12)8(10)5-15/h2-5H,6H2,1H3. The monoisotopic (exact) mass is 252 g/mol. The van der Waals surface area contributed by atoms with E-state index in [4.69, 9.17) is 20.9 Å². The largest absolute Gasteiger partial charge is 0.485 e. The maximum absolute atomic E-state index is 10.8. The first kappa shape index (κ1) is 11.6. The van der Waals surface area contributed by atoms with E-state index in [9.17, 15) is 4.79 Å². The highest BCUT2D eigenvalue weighted by atomic mass is 35.5. The molecule has 0 radical (unpaired) electrons. The van der Waals surface area contributed by atoms with Crippen LogP contribution >= 0.6 is 11.6 Å². The predicted octanol–water partition coefficient (Wildman–Crippen LogP) is 2.42. The molecule has 0 saturated carbocycles. The second-order valence-electron chi connectivity index (χ2n) is 3.29. The van der Waals surface area contributed by atoms with Crippen molar-refractivity contribution in [1.29, 1.82) is 0 Å². The Labute approximate surface area is 102 Å². The number of hydrogen-bond donors (Lipinski definition) is 0. The summed E-state index contributed by atoms with van der Waals surface area (Å²) in [5.41, 5.74) is 0.314. The van der Waals surface area contributed by atoms with Crippen LogP contribution in [0.3, 0.4) is 0 Å². The van der Waals surface area contributed by atoms with Crippen LogP contribution in [-0.4, -0.2) is 16.4 Å². The molecule has 1 aromatic heterocycles. The van der Waals surface area contributed by atoms with Crippen molar-refractivity contribution in [3.05, 3.63) is 40.5 Å². The molecule has 0 N–H and O–H groups in total. The van der Waals surface area contributed by atoms with Gasteiger partial charge in [-0.25, -0.2) is 0 Å². The van der Waals surface area contributed by atoms with Crippen LogP contribution in [0.2, 0.25) is 5.02 Å². The molecular formula is C11H9ClN2O3. The van der Waals surface area contributed by atoms with E-state index in [1.165, 1.54) is 0 Å². The lowest BCUT2D eigenvalue weighted by Gasteiger charge is -2.06. The molecule has 6 heteroatoms. The maximum atomic E-state index is 10.8. The molecule has 1 heterocycles. The Morgan fingerprint density at radius 1 is 1.53 bits per heavy atom. The fourth-order valence-electron chi connectivity index (χ4n) is 1.30. The number of benzene rings is 1. The molecule has 2 aromatic rings. The molecule has 0 aliphatic carbocycles. The van der Waals surface area contributed by atoms with Crippen LogP contribution in [0.25, 0.3) is 0 Å². The lowest BCUT2D eigenvalue weighted by molar-refractivity contribution is 0.111. The predicted molar refractivity (Wildman–Crippen MR) is 60.2 cm³/mol. The molecule has 5 nitrogen and oxygen atoms in total. The number of ether oxygens (including phenoxy) is 1. The van der Waals surface area contributed by atoms with Gasteiger partial charge in [0.15, 0.2) is 12.9 Å². The summed E-state index contributed by atoms with van der Waals surface area (Å²) in [4.78, 5) is 14.8. The lowest BCUT2D eigenvalue weighted by Crippen LogP contribution is -2.00. The summed E-state index contributed by atoms with van der Waals surface area (Å²) in [7, 11) is 0. The highest BCUT2D eigenvalue weighted by Crippen LogP contribution is 2.24. The van der Waals surface area contributed by atoms with Gasteiger partial charge in [-0.3, -0.25) is 4.79 Å². The minimum absolute atomic E-state index is 0.124. The van der Waals surface area contributed by atoms with Gasteiger partial charge >= 0.3 is 0 Å². The summed E-state index contributed by atoms with van der Waals surface area (Å²) >= 11 is 5.85. The van der Waals surface area contributed by atoms with Crippen molar-refractivity contribution < 1.29 is 14.1 Å². The van der Waals surface area contributed by atoms with Crippen LogP contribution in [0.4, 0.5) is 0 Å². The van der Waals surface area contributed by atoms with E-state index in [0.29, 0.717) is 34.3 Å². The molecule has 0 bridgehead atoms. The first-order valence-corrected chi connectivity index (χ1v) is 5.24. The summed E-state index contributed by atoms with van der Waals surface area (Å²) in [6.45, 7) is 1.81. The summed E-state index contributed by atoms with van der Waals surface area (Å²) in [5.74, 6) is 1.28. The Morgan fingerprint density at radius 3 is 3.00 bits per heavy atom. The van der Waals surface area contributed by atoms with Gasteiger partial charge in [0.2, 0.25) is 11.7 Å². The van der Waals surface area contributed by atoms with Crippen LogP contribution in [0.15, 0.2) is 22.7 Å². The number of nitrogens with zero attached hydrogens (tertiary/aromatic N) is 2. The number of carbonyl (C=O) groups is 1. The Kier molecular flexibility index (Phi) is 3.39. The van der Waals surface area contributed by atoms with Crippen LogP contribution in [0.1, 0.15) is 22.1 Å². The third-order valence-corrected chi connectivity index (χ3v) is 2.39. The average Bonchev–Trinajstić information content (AvgIpc) is 2.72. The molecule has 0 atom stereocenters. The van der Waals surface area contributed by atoms with Gasteiger partial charge in [-0.05, 0) is 12.1 Å². The fourth-order valence-corrected chi connectivity index (χ4v) is 1.51. The van der Waals surface area contributed by atoms with Crippen LogP contribution < -0.4 is 4.74 Å². The van der Waals surface area contributed by atoms with Gasteiger partial charge in [0.1, 0.15) is 5.75 Å². The maximum Gasteiger partial charge on any atom is 0.223 e. The minimum Gasteiger partial charge on any atom is -0.485 e. The molecule has 1 aromatic carbocycles. The zero-order valence-corrected chi connectivity index (χ0v) is 9.77. The Balaban J connectivity index is 2.14. The number of halogens is 1. The second kappa shape index (κ2) is 4.97. The van der Waals surface area contributed by atoms with Crippen LogP contribution in [0.5, 0.6) is 5.75 Å². The molecule has 88 valence electrons. The SMILES string of the molecule is Cc1nc(COc2cccc(Cl)c2C=O)no1. The van der Waals surface area contributed by atoms with E-state index in [1.807, 2.05) is 0 Å². The highest BCUT2D eigenvalue weighted by molar-refractivity contribution is 6.33. The molecule has 0 unspecified atom stereocenters. The molecule has 0 aliphatic heterocycles. The first-order valence-electron chi connectivity index (χ1n) is 4.86. The smallest absolute Gasteiger partial charge is 0.223 e. The Hall–Kier alpha value is -1.88. The van der Waals surface area contributed by atoms with Crippen molar-refractivity contribution in [2.45, 2.75) is 13.5 Å². The van der Waals surface area contributed by atoms with Crippen molar-refractivity contribution in [3.63, 3.8) is 0 Å². The van der Waals surface area contributed by atoms with E-state index in [1.54, 1.807) is 25.1 Å². The highest BCUT2D eigenvalue weighted by Gasteiger charge is 2.09. The van der Waals surface area contributed by atoms with Crippen LogP contribution in [-0.2, 0) is 6.61 Å². The van der Waals surface area contributed by atoms with Gasteiger partial charge in [-0.1, -0.05) is 22.8 Å². The molecule has 0 aliphatic rings. The number of carbonyl (C=O) groups excluding carboxylic acids is 1. The summed E-state index contributed by atoms with van der Waals surface area (Å²) in [5, 5.41) is 4.03. The van der Waals surface area contributed by atoms with Gasteiger partial charge in [0.05, 0.1) is 10.6 Å².